The molecule has 16 heavy (non-hydrogen) atoms. The van der Waals surface area contributed by atoms with Crippen LogP contribution in [0.15, 0.2) is 0 Å². The standard InChI is InChI=1S/C12H21N3O/c1-12(2,10-13)5-3-4-11(16)15-8-6-14-7-9-15/h14H,3-9H2,1-2H3/p+1. The summed E-state index contributed by atoms with van der Waals surface area (Å²) in [7, 11) is 0. The molecule has 0 atom stereocenters. The van der Waals surface area contributed by atoms with Crippen molar-refractivity contribution in [2.45, 2.75) is 33.1 Å². The van der Waals surface area contributed by atoms with Gasteiger partial charge in [-0.15, -0.1) is 0 Å². The number of quaternary nitrogens is 1. The van der Waals surface area contributed by atoms with Gasteiger partial charge in [-0.1, -0.05) is 0 Å². The SMILES string of the molecule is CC(C)(C#N)CCCC(=O)N1CC[NH2+]CC1. The summed E-state index contributed by atoms with van der Waals surface area (Å²) < 4.78 is 0. The molecule has 2 N–H and O–H groups in total. The first-order valence-electron chi connectivity index (χ1n) is 6.06. The number of carbonyl (C=O) groups is 1. The molecule has 0 bridgehead atoms. The van der Waals surface area contributed by atoms with E-state index in [0.717, 1.165) is 39.0 Å². The maximum atomic E-state index is 11.8. The molecule has 0 radical (unpaired) electrons. The van der Waals surface area contributed by atoms with Crippen molar-refractivity contribution in [1.82, 2.24) is 4.90 Å². The van der Waals surface area contributed by atoms with Crippen molar-refractivity contribution in [3.8, 4) is 6.07 Å². The highest BCUT2D eigenvalue weighted by Gasteiger charge is 2.20. The molecule has 1 rings (SSSR count). The third-order valence-electron chi connectivity index (χ3n) is 3.05. The summed E-state index contributed by atoms with van der Waals surface area (Å²) in [6.07, 6.45) is 2.21. The number of nitrogens with two attached hydrogens (primary N) is 1. The molecule has 4 nitrogen and oxygen atoms in total. The molecule has 1 heterocycles. The van der Waals surface area contributed by atoms with Crippen LogP contribution in [0.4, 0.5) is 0 Å². The molecule has 1 saturated heterocycles. The van der Waals surface area contributed by atoms with Gasteiger partial charge in [0.05, 0.1) is 37.7 Å². The van der Waals surface area contributed by atoms with Gasteiger partial charge in [0.1, 0.15) is 0 Å². The lowest BCUT2D eigenvalue weighted by molar-refractivity contribution is -0.662. The predicted molar refractivity (Wildman–Crippen MR) is 61.5 cm³/mol. The summed E-state index contributed by atoms with van der Waals surface area (Å²) in [5, 5.41) is 11.1. The van der Waals surface area contributed by atoms with Gasteiger partial charge in [-0.2, -0.15) is 5.26 Å². The number of nitriles is 1. The third-order valence-corrected chi connectivity index (χ3v) is 3.05. The van der Waals surface area contributed by atoms with Crippen molar-refractivity contribution in [1.29, 1.82) is 5.26 Å². The lowest BCUT2D eigenvalue weighted by atomic mass is 9.89. The zero-order valence-electron chi connectivity index (χ0n) is 10.3. The van der Waals surface area contributed by atoms with Crippen LogP contribution in [0.2, 0.25) is 0 Å². The molecule has 1 aliphatic heterocycles. The van der Waals surface area contributed by atoms with E-state index in [1.165, 1.54) is 0 Å². The Morgan fingerprint density at radius 3 is 2.62 bits per heavy atom. The summed E-state index contributed by atoms with van der Waals surface area (Å²) in [5.41, 5.74) is -0.296. The molecule has 0 aromatic heterocycles. The summed E-state index contributed by atoms with van der Waals surface area (Å²) in [6.45, 7) is 7.65. The Balaban J connectivity index is 2.22. The number of hydrogen-bond acceptors (Lipinski definition) is 2. The van der Waals surface area contributed by atoms with Crippen molar-refractivity contribution in [3.63, 3.8) is 0 Å². The smallest absolute Gasteiger partial charge is 0.222 e. The number of carbonyl (C=O) groups excluding carboxylic acids is 1. The van der Waals surface area contributed by atoms with Gasteiger partial charge in [0.15, 0.2) is 0 Å². The van der Waals surface area contributed by atoms with Crippen molar-refractivity contribution in [3.05, 3.63) is 0 Å². The quantitative estimate of drug-likeness (QED) is 0.737. The molecule has 0 spiro atoms. The van der Waals surface area contributed by atoms with Gasteiger partial charge < -0.3 is 10.2 Å². The Labute approximate surface area is 97.6 Å². The van der Waals surface area contributed by atoms with Gasteiger partial charge in [-0.3, -0.25) is 4.79 Å². The minimum absolute atomic E-state index is 0.252. The van der Waals surface area contributed by atoms with E-state index >= 15 is 0 Å². The van der Waals surface area contributed by atoms with E-state index in [4.69, 9.17) is 5.26 Å². The van der Waals surface area contributed by atoms with Crippen LogP contribution >= 0.6 is 0 Å². The first-order chi connectivity index (χ1) is 7.55. The Morgan fingerprint density at radius 2 is 2.06 bits per heavy atom. The Morgan fingerprint density at radius 1 is 1.44 bits per heavy atom. The fourth-order valence-corrected chi connectivity index (χ4v) is 1.90. The summed E-state index contributed by atoms with van der Waals surface area (Å²) in [6, 6.07) is 2.26. The van der Waals surface area contributed by atoms with Gasteiger partial charge in [0.25, 0.3) is 0 Å². The second-order valence-corrected chi connectivity index (χ2v) is 5.10. The number of piperazine rings is 1. The molecule has 4 heteroatoms. The molecule has 0 saturated carbocycles. The fourth-order valence-electron chi connectivity index (χ4n) is 1.90. The Bertz CT molecular complexity index is 274. The minimum Gasteiger partial charge on any atom is -0.343 e. The van der Waals surface area contributed by atoms with E-state index in [-0.39, 0.29) is 11.3 Å². The number of nitrogens with zero attached hydrogens (tertiary/aromatic N) is 2. The van der Waals surface area contributed by atoms with Crippen molar-refractivity contribution in [2.75, 3.05) is 26.2 Å². The molecule has 0 aromatic carbocycles. The largest absolute Gasteiger partial charge is 0.343 e. The molecule has 0 aliphatic carbocycles. The van der Waals surface area contributed by atoms with Crippen LogP contribution in [0.25, 0.3) is 0 Å². The Kier molecular flexibility index (Phi) is 4.75. The second-order valence-electron chi connectivity index (χ2n) is 5.10. The maximum absolute atomic E-state index is 11.8. The van der Waals surface area contributed by atoms with E-state index in [1.54, 1.807) is 0 Å². The topological polar surface area (TPSA) is 60.7 Å². The van der Waals surface area contributed by atoms with Crippen LogP contribution < -0.4 is 5.32 Å². The van der Waals surface area contributed by atoms with E-state index in [9.17, 15) is 4.79 Å². The Hall–Kier alpha value is -1.08. The highest BCUT2D eigenvalue weighted by molar-refractivity contribution is 5.76. The molecular formula is C12H22N3O+. The van der Waals surface area contributed by atoms with E-state index < -0.39 is 0 Å². The summed E-state index contributed by atoms with van der Waals surface area (Å²) in [4.78, 5) is 13.7. The first-order valence-corrected chi connectivity index (χ1v) is 6.06. The van der Waals surface area contributed by atoms with E-state index in [1.807, 2.05) is 18.7 Å². The summed E-state index contributed by atoms with van der Waals surface area (Å²) in [5.74, 6) is 0.252. The van der Waals surface area contributed by atoms with Crippen molar-refractivity contribution in [2.24, 2.45) is 5.41 Å². The lowest BCUT2D eigenvalue weighted by Gasteiger charge is -2.25. The minimum atomic E-state index is -0.296. The monoisotopic (exact) mass is 224 g/mol. The molecule has 1 fully saturated rings. The predicted octanol–water partition coefficient (Wildman–Crippen LogP) is 0.112. The fraction of sp³-hybridized carbons (Fsp3) is 0.833. The van der Waals surface area contributed by atoms with Crippen LogP contribution in [0, 0.1) is 16.7 Å². The van der Waals surface area contributed by atoms with E-state index in [0.29, 0.717) is 6.42 Å². The first kappa shape index (κ1) is 13.0. The van der Waals surface area contributed by atoms with Gasteiger partial charge in [-0.25, -0.2) is 0 Å². The molecule has 90 valence electrons. The molecule has 0 aromatic rings. The van der Waals surface area contributed by atoms with Crippen LogP contribution in [0.3, 0.4) is 0 Å². The number of hydrogen-bond donors (Lipinski definition) is 1. The molecule has 1 amide bonds. The van der Waals surface area contributed by atoms with Crippen molar-refractivity contribution >= 4 is 5.91 Å². The van der Waals surface area contributed by atoms with Crippen LogP contribution in [-0.4, -0.2) is 37.0 Å². The van der Waals surface area contributed by atoms with Gasteiger partial charge in [0, 0.05) is 6.42 Å². The zero-order chi connectivity index (χ0) is 12.0. The number of rotatable bonds is 4. The van der Waals surface area contributed by atoms with Gasteiger partial charge >= 0.3 is 0 Å². The zero-order valence-corrected chi connectivity index (χ0v) is 10.3. The average Bonchev–Trinajstić information content (AvgIpc) is 2.30. The molecular weight excluding hydrogens is 202 g/mol. The van der Waals surface area contributed by atoms with E-state index in [2.05, 4.69) is 11.4 Å². The highest BCUT2D eigenvalue weighted by Crippen LogP contribution is 2.21. The second kappa shape index (κ2) is 5.86. The van der Waals surface area contributed by atoms with Gasteiger partial charge in [0.2, 0.25) is 5.91 Å². The third kappa shape index (κ3) is 4.19. The van der Waals surface area contributed by atoms with Crippen LogP contribution in [-0.2, 0) is 4.79 Å². The van der Waals surface area contributed by atoms with Crippen LogP contribution in [0.5, 0.6) is 0 Å². The molecule has 1 aliphatic rings. The maximum Gasteiger partial charge on any atom is 0.222 e. The highest BCUT2D eigenvalue weighted by atomic mass is 16.2. The molecule has 0 unspecified atom stereocenters. The lowest BCUT2D eigenvalue weighted by Crippen LogP contribution is -2.89. The average molecular weight is 224 g/mol. The normalized spacial score (nSPS) is 16.9. The van der Waals surface area contributed by atoms with Crippen LogP contribution in [0.1, 0.15) is 33.1 Å². The summed E-state index contributed by atoms with van der Waals surface area (Å²) >= 11 is 0. The number of amides is 1. The van der Waals surface area contributed by atoms with Crippen molar-refractivity contribution < 1.29 is 10.1 Å². The van der Waals surface area contributed by atoms with Gasteiger partial charge in [-0.05, 0) is 26.7 Å².